The van der Waals surface area contributed by atoms with Crippen molar-refractivity contribution in [3.8, 4) is 17.2 Å². The number of methoxy groups -OCH3 is 1. The molecule has 2 bridgehead atoms. The van der Waals surface area contributed by atoms with E-state index >= 15 is 0 Å². The summed E-state index contributed by atoms with van der Waals surface area (Å²) in [7, 11) is 6.13. The zero-order chi connectivity index (χ0) is 38.4. The number of nitrogens with one attached hydrogen (secondary N) is 2. The molecule has 3 saturated heterocycles. The first-order valence-corrected chi connectivity index (χ1v) is 19.8. The number of amides is 1. The van der Waals surface area contributed by atoms with Crippen LogP contribution in [0.15, 0.2) is 71.4 Å². The number of anilines is 1. The number of likely N-dealkylation sites (N-methyl/N-ethyl adjacent to an activating group) is 1. The lowest BCUT2D eigenvalue weighted by atomic mass is 9.94. The van der Waals surface area contributed by atoms with Gasteiger partial charge < -0.3 is 66.4 Å². The number of phenolic OH excluding ortho intramolecular Hbond substituents is 1. The van der Waals surface area contributed by atoms with Crippen molar-refractivity contribution >= 4 is 40.2 Å². The van der Waals surface area contributed by atoms with E-state index in [4.69, 9.17) is 18.9 Å². The molecule has 6 heterocycles. The van der Waals surface area contributed by atoms with Crippen LogP contribution in [0.4, 0.5) is 5.69 Å². The number of β-amino-alcohol motifs (C(OH)–C–C–N with tert-alkyl or cyclic N) is 1. The van der Waals surface area contributed by atoms with Crippen LogP contribution in [0.3, 0.4) is 0 Å². The molecule has 0 saturated carbocycles. The summed E-state index contributed by atoms with van der Waals surface area (Å²) in [5.74, 6) is 0.298. The summed E-state index contributed by atoms with van der Waals surface area (Å²) >= 11 is 2.74. The Labute approximate surface area is 339 Å². The van der Waals surface area contributed by atoms with Gasteiger partial charge in [0.1, 0.15) is 47.6 Å². The number of aromatic hydroxyl groups is 1. The summed E-state index contributed by atoms with van der Waals surface area (Å²) in [5.41, 5.74) is -0.0523. The van der Waals surface area contributed by atoms with E-state index in [0.717, 1.165) is 35.1 Å². The van der Waals surface area contributed by atoms with Crippen LogP contribution in [0.2, 0.25) is 0 Å². The van der Waals surface area contributed by atoms with Crippen LogP contribution in [0.5, 0.6) is 17.2 Å². The van der Waals surface area contributed by atoms with Crippen molar-refractivity contribution in [2.24, 2.45) is 0 Å². The molecule has 4 aliphatic rings. The number of carbonyl (C=O) groups excluding carboxylic acids is 2. The van der Waals surface area contributed by atoms with Crippen molar-refractivity contribution in [1.82, 2.24) is 5.32 Å². The second-order valence-corrected chi connectivity index (χ2v) is 17.4. The quantitative estimate of drug-likeness (QED) is 0.0856. The summed E-state index contributed by atoms with van der Waals surface area (Å²) in [4.78, 5) is 25.8. The Balaban J connectivity index is 0.000000184. The van der Waals surface area contributed by atoms with Gasteiger partial charge in [-0.1, -0.05) is 24.3 Å². The van der Waals surface area contributed by atoms with Crippen LogP contribution < -0.4 is 37.1 Å². The fourth-order valence-corrected chi connectivity index (χ4v) is 9.80. The normalized spacial score (nSPS) is 23.7. The van der Waals surface area contributed by atoms with Gasteiger partial charge in [0.2, 0.25) is 5.60 Å². The van der Waals surface area contributed by atoms with Crippen molar-refractivity contribution < 1.29 is 65.3 Å². The third-order valence-corrected chi connectivity index (χ3v) is 13.0. The molecule has 296 valence electrons. The van der Waals surface area contributed by atoms with Crippen molar-refractivity contribution in [3.05, 3.63) is 92.3 Å². The van der Waals surface area contributed by atoms with Gasteiger partial charge in [0.25, 0.3) is 5.91 Å². The van der Waals surface area contributed by atoms with Gasteiger partial charge in [-0.2, -0.15) is 0 Å². The molecule has 2 aromatic carbocycles. The summed E-state index contributed by atoms with van der Waals surface area (Å²) < 4.78 is 23.3. The molecule has 5 N–H and O–H groups in total. The molecule has 2 aromatic heterocycles. The Bertz CT molecular complexity index is 1900. The number of thiophene rings is 2. The van der Waals surface area contributed by atoms with E-state index in [-0.39, 0.29) is 53.4 Å². The minimum Gasteiger partial charge on any atom is -1.00 e. The Morgan fingerprint density at radius 1 is 1.04 bits per heavy atom. The molecule has 1 unspecified atom stereocenters. The number of quaternary nitrogens is 1. The number of carbonyl (C=O) groups is 2. The maximum Gasteiger partial charge on any atom is 0.349 e. The maximum absolute atomic E-state index is 13.1. The number of esters is 1. The number of piperidine rings is 1. The molecule has 0 radical (unpaired) electrons. The minimum absolute atomic E-state index is 0. The van der Waals surface area contributed by atoms with Crippen LogP contribution in [-0.2, 0) is 31.1 Å². The molecule has 1 amide bonds. The molecule has 4 aliphatic heterocycles. The number of halogens is 1. The van der Waals surface area contributed by atoms with E-state index in [1.807, 2.05) is 47.2 Å². The van der Waals surface area contributed by atoms with Crippen LogP contribution in [0.25, 0.3) is 0 Å². The Kier molecular flexibility index (Phi) is 12.1. The smallest absolute Gasteiger partial charge is 0.349 e. The maximum atomic E-state index is 13.1. The van der Waals surface area contributed by atoms with Crippen molar-refractivity contribution in [1.29, 1.82) is 0 Å². The van der Waals surface area contributed by atoms with Crippen molar-refractivity contribution in [2.75, 3.05) is 39.7 Å². The lowest BCUT2D eigenvalue weighted by Gasteiger charge is -2.45. The molecule has 15 heteroatoms. The van der Waals surface area contributed by atoms with E-state index in [9.17, 15) is 24.9 Å². The number of benzene rings is 2. The molecule has 4 aromatic rings. The van der Waals surface area contributed by atoms with Crippen LogP contribution in [0, 0.1) is 0 Å². The highest BCUT2D eigenvalue weighted by Crippen LogP contribution is 2.52. The monoisotopic (exact) mass is 857 g/mol. The molecule has 3 fully saturated rings. The molecule has 0 aliphatic carbocycles. The molecule has 6 atom stereocenters. The zero-order valence-electron chi connectivity index (χ0n) is 31.4. The number of morpholine rings is 1. The number of fused-ring (bicyclic) bond motifs is 6. The predicted octanol–water partition coefficient (Wildman–Crippen LogP) is 1.73. The molecule has 8 rings (SSSR count). The number of rotatable bonds is 11. The van der Waals surface area contributed by atoms with Gasteiger partial charge in [0.15, 0.2) is 6.61 Å². The highest BCUT2D eigenvalue weighted by atomic mass is 79.9. The van der Waals surface area contributed by atoms with Gasteiger partial charge in [0, 0.05) is 36.6 Å². The molecular formula is C40H48BrN3O9S2. The third-order valence-electron chi connectivity index (χ3n) is 11.0. The number of epoxide rings is 1. The van der Waals surface area contributed by atoms with E-state index in [2.05, 4.69) is 38.6 Å². The number of aliphatic hydroxyl groups excluding tert-OH is 1. The number of aliphatic hydroxyl groups is 2. The number of ether oxygens (including phenoxy) is 4. The summed E-state index contributed by atoms with van der Waals surface area (Å²) in [5, 5.41) is 41.7. The van der Waals surface area contributed by atoms with Gasteiger partial charge in [-0.25, -0.2) is 4.79 Å². The van der Waals surface area contributed by atoms with Crippen LogP contribution in [-0.4, -0.2) is 102 Å². The average Bonchev–Trinajstić information content (AvgIpc) is 3.43. The van der Waals surface area contributed by atoms with Gasteiger partial charge in [0.05, 0.1) is 42.8 Å². The Morgan fingerprint density at radius 3 is 2.22 bits per heavy atom. The predicted molar refractivity (Wildman–Crippen MR) is 205 cm³/mol. The number of hydrogen-bond donors (Lipinski definition) is 5. The first kappa shape index (κ1) is 41.1. The largest absolute Gasteiger partial charge is 1.00 e. The van der Waals surface area contributed by atoms with Gasteiger partial charge in [-0.3, -0.25) is 4.79 Å². The highest BCUT2D eigenvalue weighted by Gasteiger charge is 2.71. The Hall–Kier alpha value is -3.54. The molecule has 0 spiro atoms. The van der Waals surface area contributed by atoms with Crippen molar-refractivity contribution in [2.45, 2.75) is 80.7 Å². The Morgan fingerprint density at radius 2 is 1.65 bits per heavy atom. The van der Waals surface area contributed by atoms with Gasteiger partial charge in [-0.05, 0) is 66.9 Å². The van der Waals surface area contributed by atoms with E-state index in [1.165, 1.54) is 34.8 Å². The van der Waals surface area contributed by atoms with Crippen LogP contribution in [0.1, 0.15) is 53.7 Å². The topological polar surface area (TPSA) is 159 Å². The first-order chi connectivity index (χ1) is 25.7. The molecule has 55 heavy (non-hydrogen) atoms. The van der Waals surface area contributed by atoms with Gasteiger partial charge in [-0.15, -0.1) is 22.7 Å². The second-order valence-electron chi connectivity index (χ2n) is 15.5. The summed E-state index contributed by atoms with van der Waals surface area (Å²) in [6, 6.07) is 18.7. The van der Waals surface area contributed by atoms with Gasteiger partial charge >= 0.3 is 5.97 Å². The van der Waals surface area contributed by atoms with E-state index < -0.39 is 17.7 Å². The molecule has 12 nitrogen and oxygen atoms in total. The average molecular weight is 859 g/mol. The van der Waals surface area contributed by atoms with E-state index in [1.54, 1.807) is 19.2 Å². The molecular weight excluding hydrogens is 810 g/mol. The SMILES string of the molecule is COc1ccc(CC(C)(C)NC[C@H](O)c2cc(O)cc3c2OCC(=O)N3)cc1.C[N+]1(C)[C@@H]2CC(OC(=O)C(O)(c3cccs3)c3cccs3)C[C@H]1[C@@H]1O[C@@H]12.[Br-]. The summed E-state index contributed by atoms with van der Waals surface area (Å²) in [6.07, 6.45) is 1.90. The van der Waals surface area contributed by atoms with E-state index in [0.29, 0.717) is 51.0 Å². The lowest BCUT2D eigenvalue weighted by Crippen LogP contribution is -3.00. The third kappa shape index (κ3) is 8.44. The number of nitrogens with zero attached hydrogens (tertiary/aromatic N) is 1. The van der Waals surface area contributed by atoms with Crippen LogP contribution >= 0.6 is 22.7 Å². The number of phenols is 1. The second kappa shape index (κ2) is 16.1. The summed E-state index contributed by atoms with van der Waals surface area (Å²) in [6.45, 7) is 4.25. The fraction of sp³-hybridized carbons (Fsp3) is 0.450. The minimum atomic E-state index is -1.72. The fourth-order valence-electron chi connectivity index (χ4n) is 8.09. The highest BCUT2D eigenvalue weighted by molar-refractivity contribution is 7.12. The number of hydrogen-bond acceptors (Lipinski definition) is 12. The zero-order valence-corrected chi connectivity index (χ0v) is 34.6. The van der Waals surface area contributed by atoms with Crippen molar-refractivity contribution in [3.63, 3.8) is 0 Å². The lowest BCUT2D eigenvalue weighted by molar-refractivity contribution is -0.938. The standard InChI is InChI=1S/C21H26N2O5.C19H22NO4S2.BrH/c1-21(2,10-13-4-6-15(27-3)7-5-13)22-11-18(25)16-8-14(24)9-17-20(16)28-12-19(26)23-17;1-20(2)12-9-11(10-13(20)17-16(12)24-17)23-18(21)19(22,14-5-3-7-25-14)15-6-4-8-26-15;/h4-9,18,22,24-25H,10-12H2,1-3H3,(H,23,26);3-8,11-13,16-17,22H,9-10H2,1-2H3;1H/q;+1;/p-1/t18-;11?,12-,13+,16-,17+;/m0../s1. The first-order valence-electron chi connectivity index (χ1n) is 18.1.